The highest BCUT2D eigenvalue weighted by molar-refractivity contribution is 7.98. The van der Waals surface area contributed by atoms with Gasteiger partial charge >= 0.3 is 0 Å². The average Bonchev–Trinajstić information content (AvgIpc) is 2.35. The fourth-order valence-corrected chi connectivity index (χ4v) is 1.88. The van der Waals surface area contributed by atoms with E-state index in [1.165, 1.54) is 5.56 Å². The lowest BCUT2D eigenvalue weighted by atomic mass is 10.1. The van der Waals surface area contributed by atoms with Gasteiger partial charge in [-0.1, -0.05) is 12.1 Å². The van der Waals surface area contributed by atoms with Gasteiger partial charge in [-0.2, -0.15) is 11.8 Å². The minimum Gasteiger partial charge on any atom is -0.326 e. The summed E-state index contributed by atoms with van der Waals surface area (Å²) in [5.74, 6) is 1.18. The quantitative estimate of drug-likeness (QED) is 0.810. The molecule has 0 fully saturated rings. The Kier molecular flexibility index (Phi) is 9.83. The van der Waals surface area contributed by atoms with Crippen LogP contribution in [0.4, 0.5) is 5.69 Å². The summed E-state index contributed by atoms with van der Waals surface area (Å²) < 4.78 is 0. The zero-order valence-electron chi connectivity index (χ0n) is 10.9. The second kappa shape index (κ2) is 10.2. The third kappa shape index (κ3) is 6.89. The first-order valence-corrected chi connectivity index (χ1v) is 7.18. The van der Waals surface area contributed by atoms with Crippen molar-refractivity contribution in [1.29, 1.82) is 0 Å². The molecule has 0 heterocycles. The fraction of sp³-hybridized carbons (Fsp3) is 0.462. The Hall–Kier alpha value is -0.710. The maximum atomic E-state index is 11.5. The molecule has 102 valence electrons. The summed E-state index contributed by atoms with van der Waals surface area (Å²) in [5.41, 5.74) is 2.19. The molecule has 0 saturated heterocycles. The van der Waals surface area contributed by atoms with Crippen LogP contribution in [0.15, 0.2) is 24.3 Å². The zero-order valence-corrected chi connectivity index (χ0v) is 12.5. The third-order valence-electron chi connectivity index (χ3n) is 2.43. The van der Waals surface area contributed by atoms with E-state index in [4.69, 9.17) is 0 Å². The highest BCUT2D eigenvalue weighted by Gasteiger charge is 2.01. The van der Waals surface area contributed by atoms with Gasteiger partial charge in [0.25, 0.3) is 0 Å². The van der Waals surface area contributed by atoms with E-state index in [9.17, 15) is 4.79 Å². The molecular weight excluding hydrogens is 268 g/mol. The molecule has 0 aliphatic heterocycles. The van der Waals surface area contributed by atoms with E-state index in [0.717, 1.165) is 17.9 Å². The lowest BCUT2D eigenvalue weighted by Crippen LogP contribution is -2.18. The van der Waals surface area contributed by atoms with Gasteiger partial charge in [0.1, 0.15) is 0 Å². The normalized spacial score (nSPS) is 9.67. The van der Waals surface area contributed by atoms with Crippen LogP contribution in [-0.2, 0) is 11.2 Å². The first-order valence-electron chi connectivity index (χ1n) is 5.78. The molecule has 3 nitrogen and oxygen atoms in total. The SMILES string of the molecule is CNCCC(=O)Nc1ccc(CCSC)cc1.Cl. The van der Waals surface area contributed by atoms with Crippen LogP contribution in [-0.4, -0.2) is 31.5 Å². The van der Waals surface area contributed by atoms with Crippen LogP contribution in [0.2, 0.25) is 0 Å². The van der Waals surface area contributed by atoms with Crippen molar-refractivity contribution < 1.29 is 4.79 Å². The number of anilines is 1. The van der Waals surface area contributed by atoms with E-state index < -0.39 is 0 Å². The van der Waals surface area contributed by atoms with E-state index in [1.54, 1.807) is 0 Å². The molecule has 0 atom stereocenters. The standard InChI is InChI=1S/C13H20N2OS.ClH/c1-14-9-7-13(16)15-12-5-3-11(4-6-12)8-10-17-2;/h3-6,14H,7-10H2,1-2H3,(H,15,16);1H. The lowest BCUT2D eigenvalue weighted by molar-refractivity contribution is -0.116. The van der Waals surface area contributed by atoms with Gasteiger partial charge in [-0.25, -0.2) is 0 Å². The van der Waals surface area contributed by atoms with Crippen LogP contribution in [0.1, 0.15) is 12.0 Å². The molecule has 1 aromatic rings. The van der Waals surface area contributed by atoms with E-state index in [-0.39, 0.29) is 18.3 Å². The zero-order chi connectivity index (χ0) is 12.5. The van der Waals surface area contributed by atoms with E-state index in [1.807, 2.05) is 30.9 Å². The molecule has 0 aliphatic carbocycles. The molecule has 1 aromatic carbocycles. The number of thioether (sulfide) groups is 1. The molecule has 0 saturated carbocycles. The number of hydrogen-bond acceptors (Lipinski definition) is 3. The van der Waals surface area contributed by atoms with Crippen molar-refractivity contribution >= 4 is 35.8 Å². The number of carbonyl (C=O) groups excluding carboxylic acids is 1. The predicted octanol–water partition coefficient (Wildman–Crippen LogP) is 2.56. The van der Waals surface area contributed by atoms with Crippen molar-refractivity contribution in [3.05, 3.63) is 29.8 Å². The van der Waals surface area contributed by atoms with Crippen LogP contribution in [0.3, 0.4) is 0 Å². The Labute approximate surface area is 120 Å². The van der Waals surface area contributed by atoms with Crippen LogP contribution >= 0.6 is 24.2 Å². The van der Waals surface area contributed by atoms with Crippen LogP contribution in [0.5, 0.6) is 0 Å². The predicted molar refractivity (Wildman–Crippen MR) is 82.9 cm³/mol. The van der Waals surface area contributed by atoms with Gasteiger partial charge in [0, 0.05) is 18.7 Å². The highest BCUT2D eigenvalue weighted by Crippen LogP contribution is 2.11. The first-order chi connectivity index (χ1) is 8.26. The Morgan fingerprint density at radius 1 is 1.28 bits per heavy atom. The van der Waals surface area contributed by atoms with Gasteiger partial charge < -0.3 is 10.6 Å². The van der Waals surface area contributed by atoms with Crippen molar-refractivity contribution in [3.8, 4) is 0 Å². The summed E-state index contributed by atoms with van der Waals surface area (Å²) in [5, 5.41) is 5.83. The summed E-state index contributed by atoms with van der Waals surface area (Å²) in [6.07, 6.45) is 3.69. The Morgan fingerprint density at radius 3 is 2.50 bits per heavy atom. The van der Waals surface area contributed by atoms with Crippen molar-refractivity contribution in [2.75, 3.05) is 30.9 Å². The number of aryl methyl sites for hydroxylation is 1. The molecule has 0 radical (unpaired) electrons. The topological polar surface area (TPSA) is 41.1 Å². The van der Waals surface area contributed by atoms with Crippen LogP contribution in [0, 0.1) is 0 Å². The lowest BCUT2D eigenvalue weighted by Gasteiger charge is -2.06. The molecule has 1 amide bonds. The van der Waals surface area contributed by atoms with E-state index in [2.05, 4.69) is 29.0 Å². The van der Waals surface area contributed by atoms with Crippen molar-refractivity contribution in [2.24, 2.45) is 0 Å². The summed E-state index contributed by atoms with van der Waals surface area (Å²) in [6, 6.07) is 8.08. The maximum absolute atomic E-state index is 11.5. The molecule has 2 N–H and O–H groups in total. The maximum Gasteiger partial charge on any atom is 0.225 e. The monoisotopic (exact) mass is 288 g/mol. The summed E-state index contributed by atoms with van der Waals surface area (Å²) in [4.78, 5) is 11.5. The van der Waals surface area contributed by atoms with Gasteiger partial charge in [0.15, 0.2) is 0 Å². The molecule has 0 unspecified atom stereocenters. The number of nitrogens with one attached hydrogen (secondary N) is 2. The summed E-state index contributed by atoms with van der Waals surface area (Å²) in [6.45, 7) is 0.706. The van der Waals surface area contributed by atoms with Gasteiger partial charge in [-0.15, -0.1) is 12.4 Å². The number of amides is 1. The van der Waals surface area contributed by atoms with Crippen molar-refractivity contribution in [1.82, 2.24) is 5.32 Å². The van der Waals surface area contributed by atoms with Crippen molar-refractivity contribution in [2.45, 2.75) is 12.8 Å². The minimum absolute atomic E-state index is 0. The third-order valence-corrected chi connectivity index (χ3v) is 3.05. The second-order valence-electron chi connectivity index (χ2n) is 3.84. The van der Waals surface area contributed by atoms with Crippen molar-refractivity contribution in [3.63, 3.8) is 0 Å². The number of halogens is 1. The summed E-state index contributed by atoms with van der Waals surface area (Å²) in [7, 11) is 1.84. The number of carbonyl (C=O) groups is 1. The molecule has 18 heavy (non-hydrogen) atoms. The van der Waals surface area contributed by atoms with Gasteiger partial charge in [-0.3, -0.25) is 4.79 Å². The molecule has 0 bridgehead atoms. The van der Waals surface area contributed by atoms with E-state index in [0.29, 0.717) is 13.0 Å². The van der Waals surface area contributed by atoms with Gasteiger partial charge in [-0.05, 0) is 43.2 Å². The number of hydrogen-bond donors (Lipinski definition) is 2. The average molecular weight is 289 g/mol. The number of rotatable bonds is 7. The fourth-order valence-electron chi connectivity index (χ4n) is 1.44. The summed E-state index contributed by atoms with van der Waals surface area (Å²) >= 11 is 1.84. The molecule has 5 heteroatoms. The molecular formula is C13H21ClN2OS. The van der Waals surface area contributed by atoms with Crippen LogP contribution < -0.4 is 10.6 Å². The largest absolute Gasteiger partial charge is 0.326 e. The second-order valence-corrected chi connectivity index (χ2v) is 4.83. The molecule has 1 rings (SSSR count). The smallest absolute Gasteiger partial charge is 0.225 e. The Bertz CT molecular complexity index is 343. The molecule has 0 aromatic heterocycles. The number of benzene rings is 1. The molecule has 0 aliphatic rings. The van der Waals surface area contributed by atoms with Gasteiger partial charge in [0.2, 0.25) is 5.91 Å². The van der Waals surface area contributed by atoms with Crippen LogP contribution in [0.25, 0.3) is 0 Å². The van der Waals surface area contributed by atoms with Gasteiger partial charge in [0.05, 0.1) is 0 Å². The Balaban J connectivity index is 0.00000289. The highest BCUT2D eigenvalue weighted by atomic mass is 35.5. The first kappa shape index (κ1) is 17.3. The Morgan fingerprint density at radius 2 is 1.94 bits per heavy atom. The van der Waals surface area contributed by atoms with E-state index >= 15 is 0 Å². The minimum atomic E-state index is 0. The molecule has 0 spiro atoms.